The van der Waals surface area contributed by atoms with E-state index in [4.69, 9.17) is 0 Å². The van der Waals surface area contributed by atoms with Crippen LogP contribution in [0.3, 0.4) is 0 Å². The Labute approximate surface area is 167 Å². The molecule has 0 spiro atoms. The minimum absolute atomic E-state index is 0.233. The van der Waals surface area contributed by atoms with Gasteiger partial charge in [-0.25, -0.2) is 4.79 Å². The van der Waals surface area contributed by atoms with Gasteiger partial charge in [-0.15, -0.1) is 0 Å². The van der Waals surface area contributed by atoms with Crippen molar-refractivity contribution in [1.82, 2.24) is 24.0 Å². The van der Waals surface area contributed by atoms with Gasteiger partial charge < -0.3 is 14.6 Å². The zero-order chi connectivity index (χ0) is 20.5. The van der Waals surface area contributed by atoms with Gasteiger partial charge in [-0.2, -0.15) is 4.98 Å². The predicted molar refractivity (Wildman–Crippen MR) is 111 cm³/mol. The first-order chi connectivity index (χ1) is 13.9. The van der Waals surface area contributed by atoms with Gasteiger partial charge in [0.1, 0.15) is 0 Å². The number of hydrogen-bond acceptors (Lipinski definition) is 6. The van der Waals surface area contributed by atoms with Crippen LogP contribution in [-0.4, -0.2) is 61.4 Å². The molecular formula is C20H26N6O3. The largest absolute Gasteiger partial charge is 0.392 e. The number of H-pyrrole nitrogens is 1. The second-order valence-corrected chi connectivity index (χ2v) is 7.61. The summed E-state index contributed by atoms with van der Waals surface area (Å²) >= 11 is 0. The third kappa shape index (κ3) is 3.83. The van der Waals surface area contributed by atoms with E-state index in [0.717, 1.165) is 32.7 Å². The fourth-order valence-corrected chi connectivity index (χ4v) is 3.85. The molecule has 3 heterocycles. The van der Waals surface area contributed by atoms with E-state index < -0.39 is 17.4 Å². The maximum atomic E-state index is 12.5. The zero-order valence-electron chi connectivity index (χ0n) is 16.7. The van der Waals surface area contributed by atoms with Crippen molar-refractivity contribution in [3.63, 3.8) is 0 Å². The molecule has 1 aliphatic heterocycles. The van der Waals surface area contributed by atoms with Crippen molar-refractivity contribution in [2.24, 2.45) is 7.05 Å². The maximum absolute atomic E-state index is 12.5. The van der Waals surface area contributed by atoms with Crippen LogP contribution in [-0.2, 0) is 20.1 Å². The Hall–Kier alpha value is -2.91. The van der Waals surface area contributed by atoms with E-state index in [1.807, 2.05) is 18.2 Å². The lowest BCUT2D eigenvalue weighted by atomic mass is 10.2. The number of aromatic amines is 1. The Bertz CT molecular complexity index is 1110. The molecule has 2 N–H and O–H groups in total. The summed E-state index contributed by atoms with van der Waals surface area (Å²) in [5, 5.41) is 9.97. The number of rotatable bonds is 5. The van der Waals surface area contributed by atoms with Gasteiger partial charge in [0.25, 0.3) is 5.56 Å². The molecule has 0 aliphatic carbocycles. The normalized spacial score (nSPS) is 16.4. The number of hydrogen-bond donors (Lipinski definition) is 2. The van der Waals surface area contributed by atoms with Crippen molar-refractivity contribution in [3.8, 4) is 0 Å². The Morgan fingerprint density at radius 1 is 1.14 bits per heavy atom. The maximum Gasteiger partial charge on any atom is 0.329 e. The van der Waals surface area contributed by atoms with E-state index in [0.29, 0.717) is 17.1 Å². The predicted octanol–water partition coefficient (Wildman–Crippen LogP) is 0.126. The third-order valence-electron chi connectivity index (χ3n) is 5.34. The Morgan fingerprint density at radius 2 is 1.83 bits per heavy atom. The highest BCUT2D eigenvalue weighted by Crippen LogP contribution is 2.22. The van der Waals surface area contributed by atoms with E-state index in [2.05, 4.69) is 31.9 Å². The van der Waals surface area contributed by atoms with Crippen molar-refractivity contribution in [3.05, 3.63) is 56.7 Å². The van der Waals surface area contributed by atoms with Crippen LogP contribution < -0.4 is 16.1 Å². The van der Waals surface area contributed by atoms with Gasteiger partial charge in [-0.3, -0.25) is 19.2 Å². The Morgan fingerprint density at radius 3 is 2.48 bits per heavy atom. The molecule has 1 saturated heterocycles. The molecule has 0 bridgehead atoms. The number of piperazine rings is 1. The molecule has 0 radical (unpaired) electrons. The van der Waals surface area contributed by atoms with Gasteiger partial charge in [0.15, 0.2) is 11.2 Å². The number of imidazole rings is 1. The lowest BCUT2D eigenvalue weighted by Gasteiger charge is -2.35. The molecule has 3 aromatic rings. The number of aliphatic hydroxyl groups excluding tert-OH is 1. The number of fused-ring (bicyclic) bond motifs is 1. The van der Waals surface area contributed by atoms with E-state index >= 15 is 0 Å². The fraction of sp³-hybridized carbons (Fsp3) is 0.450. The van der Waals surface area contributed by atoms with Crippen LogP contribution in [0.1, 0.15) is 12.5 Å². The van der Waals surface area contributed by atoms with Gasteiger partial charge in [-0.05, 0) is 12.5 Å². The summed E-state index contributed by atoms with van der Waals surface area (Å²) in [7, 11) is 1.59. The molecule has 29 heavy (non-hydrogen) atoms. The van der Waals surface area contributed by atoms with Crippen LogP contribution in [0.4, 0.5) is 5.95 Å². The third-order valence-corrected chi connectivity index (χ3v) is 5.34. The van der Waals surface area contributed by atoms with Crippen molar-refractivity contribution in [2.75, 3.05) is 31.1 Å². The highest BCUT2D eigenvalue weighted by Gasteiger charge is 2.25. The average Bonchev–Trinajstić information content (AvgIpc) is 3.07. The van der Waals surface area contributed by atoms with E-state index in [9.17, 15) is 14.7 Å². The average molecular weight is 398 g/mol. The van der Waals surface area contributed by atoms with Gasteiger partial charge >= 0.3 is 5.69 Å². The highest BCUT2D eigenvalue weighted by atomic mass is 16.3. The molecule has 1 atom stereocenters. The number of anilines is 1. The second kappa shape index (κ2) is 7.84. The minimum Gasteiger partial charge on any atom is -0.392 e. The number of aliphatic hydroxyl groups is 1. The van der Waals surface area contributed by atoms with Gasteiger partial charge in [0, 0.05) is 39.8 Å². The molecule has 1 fully saturated rings. The van der Waals surface area contributed by atoms with E-state index in [-0.39, 0.29) is 6.54 Å². The Kier molecular flexibility index (Phi) is 5.25. The number of nitrogens with zero attached hydrogens (tertiary/aromatic N) is 5. The minimum atomic E-state index is -0.651. The van der Waals surface area contributed by atoms with Crippen LogP contribution in [0, 0.1) is 0 Å². The van der Waals surface area contributed by atoms with Gasteiger partial charge in [0.05, 0.1) is 12.6 Å². The molecule has 9 nitrogen and oxygen atoms in total. The molecule has 1 unspecified atom stereocenters. The van der Waals surface area contributed by atoms with E-state index in [1.165, 1.54) is 10.1 Å². The van der Waals surface area contributed by atoms with Crippen molar-refractivity contribution in [2.45, 2.75) is 26.1 Å². The van der Waals surface area contributed by atoms with Crippen LogP contribution in [0.2, 0.25) is 0 Å². The first-order valence-electron chi connectivity index (χ1n) is 9.83. The monoisotopic (exact) mass is 398 g/mol. The second-order valence-electron chi connectivity index (χ2n) is 7.61. The lowest BCUT2D eigenvalue weighted by molar-refractivity contribution is 0.174. The topological polar surface area (TPSA) is 99.4 Å². The molecule has 0 amide bonds. The highest BCUT2D eigenvalue weighted by molar-refractivity contribution is 5.74. The summed E-state index contributed by atoms with van der Waals surface area (Å²) in [5.41, 5.74) is 0.952. The molecule has 154 valence electrons. The molecular weight excluding hydrogens is 372 g/mol. The number of nitrogens with one attached hydrogen (secondary N) is 1. The standard InChI is InChI=1S/C20H26N6O3/c1-14(27)12-26-16-17(23(2)20(29)22-18(16)28)21-19(26)25-10-8-24(9-11-25)13-15-6-4-3-5-7-15/h3-7,14,27H,8-13H2,1-2H3,(H,22,28,29). The van der Waals surface area contributed by atoms with Crippen molar-refractivity contribution in [1.29, 1.82) is 0 Å². The van der Waals surface area contributed by atoms with Crippen molar-refractivity contribution >= 4 is 17.1 Å². The van der Waals surface area contributed by atoms with Crippen LogP contribution in [0.5, 0.6) is 0 Å². The number of aryl methyl sites for hydroxylation is 1. The van der Waals surface area contributed by atoms with Crippen LogP contribution in [0.25, 0.3) is 11.2 Å². The first-order valence-corrected chi connectivity index (χ1v) is 9.83. The molecule has 1 aromatic carbocycles. The summed E-state index contributed by atoms with van der Waals surface area (Å²) in [6, 6.07) is 10.4. The molecule has 9 heteroatoms. The molecule has 4 rings (SSSR count). The lowest BCUT2D eigenvalue weighted by Crippen LogP contribution is -2.47. The quantitative estimate of drug-likeness (QED) is 0.634. The van der Waals surface area contributed by atoms with Gasteiger partial charge in [-0.1, -0.05) is 30.3 Å². The summed E-state index contributed by atoms with van der Waals surface area (Å²) < 4.78 is 3.07. The van der Waals surface area contributed by atoms with Crippen LogP contribution in [0.15, 0.2) is 39.9 Å². The number of benzene rings is 1. The summed E-state index contributed by atoms with van der Waals surface area (Å²) in [6.07, 6.45) is -0.651. The van der Waals surface area contributed by atoms with Crippen LogP contribution >= 0.6 is 0 Å². The first kappa shape index (κ1) is 19.4. The SMILES string of the molecule is CC(O)Cn1c(N2CCN(Cc3ccccc3)CC2)nc2c1c(=O)[nH]c(=O)n2C. The van der Waals surface area contributed by atoms with E-state index in [1.54, 1.807) is 18.5 Å². The number of aromatic nitrogens is 4. The summed E-state index contributed by atoms with van der Waals surface area (Å²) in [6.45, 7) is 6.03. The smallest absolute Gasteiger partial charge is 0.329 e. The summed E-state index contributed by atoms with van der Waals surface area (Å²) in [5.74, 6) is 0.618. The van der Waals surface area contributed by atoms with Crippen molar-refractivity contribution < 1.29 is 5.11 Å². The fourth-order valence-electron chi connectivity index (χ4n) is 3.85. The van der Waals surface area contributed by atoms with Gasteiger partial charge in [0.2, 0.25) is 5.95 Å². The molecule has 0 saturated carbocycles. The zero-order valence-corrected chi connectivity index (χ0v) is 16.7. The molecule has 1 aliphatic rings. The molecule has 2 aromatic heterocycles. The summed E-state index contributed by atoms with van der Waals surface area (Å²) in [4.78, 5) is 35.9. The Balaban J connectivity index is 1.62.